The molecule has 0 aliphatic heterocycles. The lowest BCUT2D eigenvalue weighted by Crippen LogP contribution is -3.06. The SMILES string of the molecule is C[NH+](C)CCNC(=S)NNc1ccc(C(F)(F)F)cc1[N+](=O)[O-]. The lowest BCUT2D eigenvalue weighted by molar-refractivity contribution is -0.856. The van der Waals surface area contributed by atoms with Crippen molar-refractivity contribution < 1.29 is 23.0 Å². The van der Waals surface area contributed by atoms with Crippen molar-refractivity contribution in [1.82, 2.24) is 10.7 Å². The van der Waals surface area contributed by atoms with Crippen molar-refractivity contribution in [3.05, 3.63) is 33.9 Å². The molecule has 23 heavy (non-hydrogen) atoms. The van der Waals surface area contributed by atoms with Crippen LogP contribution in [0.2, 0.25) is 0 Å². The molecule has 0 radical (unpaired) electrons. The lowest BCUT2D eigenvalue weighted by atomic mass is 10.1. The van der Waals surface area contributed by atoms with E-state index in [-0.39, 0.29) is 10.8 Å². The van der Waals surface area contributed by atoms with Gasteiger partial charge in [-0.2, -0.15) is 13.2 Å². The number of nitrogens with one attached hydrogen (secondary N) is 4. The summed E-state index contributed by atoms with van der Waals surface area (Å²) in [6.45, 7) is 1.37. The fourth-order valence-corrected chi connectivity index (χ4v) is 1.71. The van der Waals surface area contributed by atoms with Crippen molar-refractivity contribution >= 4 is 28.7 Å². The predicted molar refractivity (Wildman–Crippen MR) is 83.1 cm³/mol. The summed E-state index contributed by atoms with van der Waals surface area (Å²) in [5.74, 6) is 0. The van der Waals surface area contributed by atoms with Crippen molar-refractivity contribution in [2.45, 2.75) is 6.18 Å². The van der Waals surface area contributed by atoms with E-state index in [2.05, 4.69) is 16.2 Å². The Kier molecular flexibility index (Phi) is 6.51. The minimum atomic E-state index is -4.65. The van der Waals surface area contributed by atoms with Gasteiger partial charge in [-0.1, -0.05) is 0 Å². The highest BCUT2D eigenvalue weighted by atomic mass is 32.1. The number of thiocarbonyl (C=S) groups is 1. The van der Waals surface area contributed by atoms with Crippen LogP contribution in [0.3, 0.4) is 0 Å². The summed E-state index contributed by atoms with van der Waals surface area (Å²) in [7, 11) is 3.92. The Morgan fingerprint density at radius 2 is 2.04 bits per heavy atom. The summed E-state index contributed by atoms with van der Waals surface area (Å²) in [4.78, 5) is 11.2. The maximum atomic E-state index is 12.6. The van der Waals surface area contributed by atoms with Gasteiger partial charge in [0.25, 0.3) is 5.69 Å². The number of nitrogens with zero attached hydrogens (tertiary/aromatic N) is 1. The van der Waals surface area contributed by atoms with Crippen LogP contribution in [0.15, 0.2) is 18.2 Å². The van der Waals surface area contributed by atoms with E-state index < -0.39 is 22.4 Å². The molecule has 0 saturated heterocycles. The Balaban J connectivity index is 2.73. The van der Waals surface area contributed by atoms with Crippen molar-refractivity contribution in [2.24, 2.45) is 0 Å². The van der Waals surface area contributed by atoms with Crippen LogP contribution in [-0.4, -0.2) is 37.2 Å². The van der Waals surface area contributed by atoms with Crippen LogP contribution in [0, 0.1) is 10.1 Å². The largest absolute Gasteiger partial charge is 0.416 e. The zero-order valence-electron chi connectivity index (χ0n) is 12.5. The minimum absolute atomic E-state index is 0.120. The van der Waals surface area contributed by atoms with E-state index >= 15 is 0 Å². The number of halogens is 3. The lowest BCUT2D eigenvalue weighted by Gasteiger charge is -2.14. The number of nitro benzene ring substituents is 1. The highest BCUT2D eigenvalue weighted by molar-refractivity contribution is 7.80. The van der Waals surface area contributed by atoms with Crippen molar-refractivity contribution in [3.8, 4) is 0 Å². The Hall–Kier alpha value is -2.14. The quantitative estimate of drug-likeness (QED) is 0.340. The minimum Gasteiger partial charge on any atom is -0.356 e. The van der Waals surface area contributed by atoms with Gasteiger partial charge in [-0.05, 0) is 24.4 Å². The molecule has 7 nitrogen and oxygen atoms in total. The van der Waals surface area contributed by atoms with Crippen LogP contribution >= 0.6 is 12.2 Å². The van der Waals surface area contributed by atoms with E-state index in [9.17, 15) is 23.3 Å². The summed E-state index contributed by atoms with van der Waals surface area (Å²) in [6, 6.07) is 2.19. The molecule has 0 fully saturated rings. The van der Waals surface area contributed by atoms with Crippen LogP contribution in [-0.2, 0) is 6.18 Å². The van der Waals surface area contributed by atoms with Gasteiger partial charge in [0.1, 0.15) is 5.69 Å². The van der Waals surface area contributed by atoms with Crippen molar-refractivity contribution in [1.29, 1.82) is 0 Å². The second-order valence-corrected chi connectivity index (χ2v) is 5.36. The topological polar surface area (TPSA) is 83.7 Å². The molecule has 1 rings (SSSR count). The number of hydrazine groups is 1. The second kappa shape index (κ2) is 7.92. The first-order valence-corrected chi connectivity index (χ1v) is 6.96. The molecule has 0 amide bonds. The molecule has 0 heterocycles. The monoisotopic (exact) mass is 352 g/mol. The fourth-order valence-electron chi connectivity index (χ4n) is 1.56. The Labute approximate surface area is 136 Å². The smallest absolute Gasteiger partial charge is 0.356 e. The molecule has 0 spiro atoms. The Morgan fingerprint density at radius 3 is 2.57 bits per heavy atom. The van der Waals surface area contributed by atoms with Gasteiger partial charge >= 0.3 is 6.18 Å². The number of alkyl halides is 3. The van der Waals surface area contributed by atoms with Crippen LogP contribution < -0.4 is 21.1 Å². The molecule has 4 N–H and O–H groups in total. The first-order valence-electron chi connectivity index (χ1n) is 6.55. The highest BCUT2D eigenvalue weighted by Gasteiger charge is 2.33. The van der Waals surface area contributed by atoms with Gasteiger partial charge in [0.05, 0.1) is 37.7 Å². The molecule has 0 aliphatic rings. The Bertz CT molecular complexity index is 580. The normalized spacial score (nSPS) is 11.2. The predicted octanol–water partition coefficient (Wildman–Crippen LogP) is 0.549. The van der Waals surface area contributed by atoms with Gasteiger partial charge in [0.2, 0.25) is 0 Å². The van der Waals surface area contributed by atoms with Crippen LogP contribution in [0.25, 0.3) is 0 Å². The summed E-state index contributed by atoms with van der Waals surface area (Å²) in [5.41, 5.74) is 3.03. The molecule has 0 aliphatic carbocycles. The van der Waals surface area contributed by atoms with Crippen molar-refractivity contribution in [3.63, 3.8) is 0 Å². The molecule has 1 aromatic carbocycles. The maximum absolute atomic E-state index is 12.6. The van der Waals surface area contributed by atoms with E-state index in [1.165, 1.54) is 4.90 Å². The van der Waals surface area contributed by atoms with E-state index in [0.717, 1.165) is 18.7 Å². The van der Waals surface area contributed by atoms with Gasteiger partial charge in [0, 0.05) is 6.07 Å². The molecule has 128 valence electrons. The first-order chi connectivity index (χ1) is 10.6. The number of nitro groups is 1. The van der Waals surface area contributed by atoms with Crippen LogP contribution in [0.1, 0.15) is 5.56 Å². The zero-order chi connectivity index (χ0) is 17.6. The standard InChI is InChI=1S/C12H16F3N5O2S/c1-19(2)6-5-16-11(23)18-17-9-4-3-8(12(13,14)15)7-10(9)20(21)22/h3-4,7,17H,5-6H2,1-2H3,(H2,16,18,23)/p+1. The molecular weight excluding hydrogens is 335 g/mol. The number of hydrogen-bond acceptors (Lipinski definition) is 4. The molecule has 1 aromatic rings. The number of hydrogen-bond donors (Lipinski definition) is 4. The van der Waals surface area contributed by atoms with Gasteiger partial charge in [-0.15, -0.1) is 0 Å². The third-order valence-corrected chi connectivity index (χ3v) is 2.99. The number of benzene rings is 1. The van der Waals surface area contributed by atoms with Crippen LogP contribution in [0.5, 0.6) is 0 Å². The third kappa shape index (κ3) is 6.24. The first kappa shape index (κ1) is 18.9. The van der Waals surface area contributed by atoms with Gasteiger partial charge in [-0.25, -0.2) is 0 Å². The zero-order valence-corrected chi connectivity index (χ0v) is 13.3. The summed E-state index contributed by atoms with van der Waals surface area (Å²) >= 11 is 4.96. The summed E-state index contributed by atoms with van der Waals surface area (Å²) in [5, 5.41) is 13.9. The van der Waals surface area contributed by atoms with Crippen LogP contribution in [0.4, 0.5) is 24.5 Å². The molecule has 0 atom stereocenters. The third-order valence-electron chi connectivity index (χ3n) is 2.74. The number of rotatable bonds is 6. The second-order valence-electron chi connectivity index (χ2n) is 4.95. The van der Waals surface area contributed by atoms with Gasteiger partial charge in [-0.3, -0.25) is 21.0 Å². The molecular formula is C12H17F3N5O2S+. The van der Waals surface area contributed by atoms with E-state index in [0.29, 0.717) is 12.6 Å². The van der Waals surface area contributed by atoms with E-state index in [1.807, 2.05) is 14.1 Å². The maximum Gasteiger partial charge on any atom is 0.416 e. The molecule has 0 bridgehead atoms. The molecule has 0 aromatic heterocycles. The van der Waals surface area contributed by atoms with Crippen molar-refractivity contribution in [2.75, 3.05) is 32.6 Å². The van der Waals surface area contributed by atoms with Gasteiger partial charge in [0.15, 0.2) is 5.11 Å². The average Bonchev–Trinajstić information content (AvgIpc) is 2.43. The summed E-state index contributed by atoms with van der Waals surface area (Å²) < 4.78 is 37.8. The fraction of sp³-hybridized carbons (Fsp3) is 0.417. The highest BCUT2D eigenvalue weighted by Crippen LogP contribution is 2.34. The molecule has 11 heteroatoms. The average molecular weight is 352 g/mol. The molecule has 0 saturated carbocycles. The van der Waals surface area contributed by atoms with E-state index in [1.54, 1.807) is 0 Å². The number of quaternary nitrogens is 1. The molecule has 0 unspecified atom stereocenters. The number of anilines is 1. The number of likely N-dealkylation sites (N-methyl/N-ethyl adjacent to an activating group) is 1. The van der Waals surface area contributed by atoms with E-state index in [4.69, 9.17) is 12.2 Å². The summed E-state index contributed by atoms with van der Waals surface area (Å²) in [6.07, 6.45) is -4.65. The Morgan fingerprint density at radius 1 is 1.39 bits per heavy atom. The van der Waals surface area contributed by atoms with Gasteiger partial charge < -0.3 is 10.2 Å².